The van der Waals surface area contributed by atoms with Gasteiger partial charge in [-0.15, -0.1) is 11.3 Å². The summed E-state index contributed by atoms with van der Waals surface area (Å²) >= 11 is 1.59. The predicted molar refractivity (Wildman–Crippen MR) is 69.0 cm³/mol. The van der Waals surface area contributed by atoms with E-state index in [0.717, 1.165) is 11.3 Å². The standard InChI is InChI=1S/C13H13FN2OS/c1-2-9(11-6-4-8-18-11)16-13(17)10-5-3-7-12(14)15-10/h3-9H,2H2,1H3,(H,16,17). The lowest BCUT2D eigenvalue weighted by molar-refractivity contribution is 0.0930. The van der Waals surface area contributed by atoms with Crippen LogP contribution in [0.2, 0.25) is 0 Å². The molecule has 1 unspecified atom stereocenters. The van der Waals surface area contributed by atoms with Gasteiger partial charge in [-0.1, -0.05) is 19.1 Å². The Bertz CT molecular complexity index is 528. The molecule has 0 aliphatic heterocycles. The second-order valence-corrected chi connectivity index (χ2v) is 4.77. The van der Waals surface area contributed by atoms with Gasteiger partial charge in [-0.25, -0.2) is 4.98 Å². The van der Waals surface area contributed by atoms with Gasteiger partial charge in [-0.2, -0.15) is 4.39 Å². The second kappa shape index (κ2) is 5.73. The number of nitrogens with one attached hydrogen (secondary N) is 1. The van der Waals surface area contributed by atoms with Gasteiger partial charge < -0.3 is 5.32 Å². The van der Waals surface area contributed by atoms with Crippen molar-refractivity contribution in [2.24, 2.45) is 0 Å². The predicted octanol–water partition coefficient (Wildman–Crippen LogP) is 3.16. The smallest absolute Gasteiger partial charge is 0.270 e. The summed E-state index contributed by atoms with van der Waals surface area (Å²) in [7, 11) is 0. The molecule has 0 aliphatic rings. The quantitative estimate of drug-likeness (QED) is 0.862. The maximum atomic E-state index is 12.9. The molecular weight excluding hydrogens is 251 g/mol. The van der Waals surface area contributed by atoms with Crippen molar-refractivity contribution in [2.45, 2.75) is 19.4 Å². The minimum absolute atomic E-state index is 0.0532. The van der Waals surface area contributed by atoms with Crippen LogP contribution in [0.5, 0.6) is 0 Å². The number of rotatable bonds is 4. The van der Waals surface area contributed by atoms with Crippen molar-refractivity contribution in [3.8, 4) is 0 Å². The van der Waals surface area contributed by atoms with Gasteiger partial charge in [-0.3, -0.25) is 4.79 Å². The number of pyridine rings is 1. The molecule has 2 rings (SSSR count). The zero-order valence-corrected chi connectivity index (χ0v) is 10.7. The molecule has 0 bridgehead atoms. The van der Waals surface area contributed by atoms with Gasteiger partial charge in [0.05, 0.1) is 6.04 Å². The highest BCUT2D eigenvalue weighted by atomic mass is 32.1. The van der Waals surface area contributed by atoms with Crippen LogP contribution in [0.3, 0.4) is 0 Å². The average molecular weight is 264 g/mol. The Morgan fingerprint density at radius 3 is 2.89 bits per heavy atom. The SMILES string of the molecule is CCC(NC(=O)c1cccc(F)n1)c1cccs1. The summed E-state index contributed by atoms with van der Waals surface area (Å²) in [6.45, 7) is 1.99. The Morgan fingerprint density at radius 2 is 2.28 bits per heavy atom. The van der Waals surface area contributed by atoms with Crippen LogP contribution in [-0.2, 0) is 0 Å². The van der Waals surface area contributed by atoms with Crippen LogP contribution in [0.4, 0.5) is 4.39 Å². The summed E-state index contributed by atoms with van der Waals surface area (Å²) in [5.41, 5.74) is 0.102. The molecule has 0 fully saturated rings. The van der Waals surface area contributed by atoms with Crippen molar-refractivity contribution in [1.29, 1.82) is 0 Å². The molecule has 0 radical (unpaired) electrons. The van der Waals surface area contributed by atoms with E-state index >= 15 is 0 Å². The lowest BCUT2D eigenvalue weighted by Crippen LogP contribution is -2.28. The zero-order valence-electron chi connectivity index (χ0n) is 9.89. The number of hydrogen-bond acceptors (Lipinski definition) is 3. The summed E-state index contributed by atoms with van der Waals surface area (Å²) in [6, 6.07) is 8.05. The number of nitrogens with zero attached hydrogens (tertiary/aromatic N) is 1. The second-order valence-electron chi connectivity index (χ2n) is 3.80. The highest BCUT2D eigenvalue weighted by Crippen LogP contribution is 2.21. The zero-order chi connectivity index (χ0) is 13.0. The van der Waals surface area contributed by atoms with Crippen LogP contribution in [0.15, 0.2) is 35.7 Å². The van der Waals surface area contributed by atoms with Gasteiger partial charge in [0.15, 0.2) is 0 Å². The molecule has 5 heteroatoms. The Morgan fingerprint density at radius 1 is 1.44 bits per heavy atom. The molecule has 0 saturated carbocycles. The van der Waals surface area contributed by atoms with Crippen molar-refractivity contribution >= 4 is 17.2 Å². The Labute approximate surface area is 109 Å². The number of carbonyl (C=O) groups excluding carboxylic acids is 1. The fourth-order valence-corrected chi connectivity index (χ4v) is 2.49. The fraction of sp³-hybridized carbons (Fsp3) is 0.231. The van der Waals surface area contributed by atoms with Gasteiger partial charge in [-0.05, 0) is 30.0 Å². The van der Waals surface area contributed by atoms with Gasteiger partial charge >= 0.3 is 0 Å². The van der Waals surface area contributed by atoms with Gasteiger partial charge in [0.1, 0.15) is 5.69 Å². The molecule has 18 heavy (non-hydrogen) atoms. The summed E-state index contributed by atoms with van der Waals surface area (Å²) in [5.74, 6) is -0.999. The van der Waals surface area contributed by atoms with Gasteiger partial charge in [0.2, 0.25) is 5.95 Å². The minimum Gasteiger partial charge on any atom is -0.343 e. The van der Waals surface area contributed by atoms with Crippen molar-refractivity contribution in [3.05, 3.63) is 52.2 Å². The van der Waals surface area contributed by atoms with Crippen LogP contribution in [0, 0.1) is 5.95 Å². The largest absolute Gasteiger partial charge is 0.343 e. The molecule has 1 N–H and O–H groups in total. The third-order valence-electron chi connectivity index (χ3n) is 2.55. The van der Waals surface area contributed by atoms with E-state index in [4.69, 9.17) is 0 Å². The van der Waals surface area contributed by atoms with Crippen LogP contribution < -0.4 is 5.32 Å². The van der Waals surface area contributed by atoms with E-state index < -0.39 is 5.95 Å². The minimum atomic E-state index is -0.646. The van der Waals surface area contributed by atoms with E-state index in [0.29, 0.717) is 0 Å². The maximum absolute atomic E-state index is 12.9. The molecule has 94 valence electrons. The van der Waals surface area contributed by atoms with Crippen LogP contribution >= 0.6 is 11.3 Å². The first-order valence-electron chi connectivity index (χ1n) is 5.67. The van der Waals surface area contributed by atoms with Crippen molar-refractivity contribution in [3.63, 3.8) is 0 Å². The lowest BCUT2D eigenvalue weighted by atomic mass is 10.2. The molecule has 0 aromatic carbocycles. The number of carbonyl (C=O) groups is 1. The first kappa shape index (κ1) is 12.7. The number of thiophene rings is 1. The van der Waals surface area contributed by atoms with Gasteiger partial charge in [0.25, 0.3) is 5.91 Å². The third-order valence-corrected chi connectivity index (χ3v) is 3.53. The first-order chi connectivity index (χ1) is 8.70. The molecule has 1 atom stereocenters. The fourth-order valence-electron chi connectivity index (χ4n) is 1.63. The number of aromatic nitrogens is 1. The van der Waals surface area contributed by atoms with Gasteiger partial charge in [0, 0.05) is 4.88 Å². The molecule has 1 amide bonds. The third kappa shape index (κ3) is 2.92. The summed E-state index contributed by atoms with van der Waals surface area (Å²) < 4.78 is 12.9. The van der Waals surface area contributed by atoms with E-state index in [9.17, 15) is 9.18 Å². The van der Waals surface area contributed by atoms with E-state index in [1.54, 1.807) is 11.3 Å². The molecule has 0 saturated heterocycles. The highest BCUT2D eigenvalue weighted by Gasteiger charge is 2.15. The van der Waals surface area contributed by atoms with Crippen molar-refractivity contribution in [2.75, 3.05) is 0 Å². The Hall–Kier alpha value is -1.75. The van der Waals surface area contributed by atoms with E-state index in [1.807, 2.05) is 24.4 Å². The van der Waals surface area contributed by atoms with E-state index in [-0.39, 0.29) is 17.6 Å². The van der Waals surface area contributed by atoms with E-state index in [1.165, 1.54) is 18.2 Å². The normalized spacial score (nSPS) is 12.1. The van der Waals surface area contributed by atoms with Crippen LogP contribution in [0.25, 0.3) is 0 Å². The Balaban J connectivity index is 2.11. The number of amides is 1. The molecule has 2 heterocycles. The van der Waals surface area contributed by atoms with E-state index in [2.05, 4.69) is 10.3 Å². The molecule has 2 aromatic heterocycles. The molecular formula is C13H13FN2OS. The molecule has 3 nitrogen and oxygen atoms in total. The summed E-state index contributed by atoms with van der Waals surface area (Å²) in [5, 5.41) is 4.82. The molecule has 2 aromatic rings. The maximum Gasteiger partial charge on any atom is 0.270 e. The van der Waals surface area contributed by atoms with Crippen LogP contribution in [0.1, 0.15) is 34.8 Å². The monoisotopic (exact) mass is 264 g/mol. The first-order valence-corrected chi connectivity index (χ1v) is 6.55. The Kier molecular flexibility index (Phi) is 4.04. The van der Waals surface area contributed by atoms with Crippen LogP contribution in [-0.4, -0.2) is 10.9 Å². The van der Waals surface area contributed by atoms with Crippen molar-refractivity contribution < 1.29 is 9.18 Å². The number of halogens is 1. The highest BCUT2D eigenvalue weighted by molar-refractivity contribution is 7.10. The number of hydrogen-bond donors (Lipinski definition) is 1. The molecule has 0 spiro atoms. The topological polar surface area (TPSA) is 42.0 Å². The lowest BCUT2D eigenvalue weighted by Gasteiger charge is -2.14. The van der Waals surface area contributed by atoms with Crippen molar-refractivity contribution in [1.82, 2.24) is 10.3 Å². The summed E-state index contributed by atoms with van der Waals surface area (Å²) in [6.07, 6.45) is 0.779. The average Bonchev–Trinajstić information content (AvgIpc) is 2.89. The molecule has 0 aliphatic carbocycles. The summed E-state index contributed by atoms with van der Waals surface area (Å²) in [4.78, 5) is 16.6.